The first-order valence-electron chi connectivity index (χ1n) is 8.38. The van der Waals surface area contributed by atoms with Gasteiger partial charge in [-0.1, -0.05) is 12.5 Å². The number of ketones is 1. The topological polar surface area (TPSA) is 46.2 Å². The van der Waals surface area contributed by atoms with Crippen molar-refractivity contribution < 1.29 is 22.8 Å². The number of nitrogens with one attached hydrogen (secondary N) is 1. The van der Waals surface area contributed by atoms with Crippen LogP contribution in [-0.4, -0.2) is 17.9 Å². The van der Waals surface area contributed by atoms with E-state index < -0.39 is 18.0 Å². The van der Waals surface area contributed by atoms with Crippen LogP contribution in [0.1, 0.15) is 54.4 Å². The van der Waals surface area contributed by atoms with E-state index in [-0.39, 0.29) is 24.5 Å². The first-order chi connectivity index (χ1) is 11.3. The molecule has 24 heavy (non-hydrogen) atoms. The molecule has 0 bridgehead atoms. The van der Waals surface area contributed by atoms with Crippen LogP contribution in [0.15, 0.2) is 18.2 Å². The number of anilines is 1. The van der Waals surface area contributed by atoms with E-state index in [1.165, 1.54) is 0 Å². The summed E-state index contributed by atoms with van der Waals surface area (Å²) >= 11 is 0. The van der Waals surface area contributed by atoms with E-state index in [4.69, 9.17) is 0 Å². The average Bonchev–Trinajstić information content (AvgIpc) is 2.55. The van der Waals surface area contributed by atoms with E-state index in [0.717, 1.165) is 18.4 Å². The van der Waals surface area contributed by atoms with Gasteiger partial charge in [0.15, 0.2) is 5.78 Å². The first-order valence-corrected chi connectivity index (χ1v) is 8.38. The molecule has 2 aliphatic rings. The highest BCUT2D eigenvalue weighted by molar-refractivity contribution is 6.00. The van der Waals surface area contributed by atoms with Crippen LogP contribution in [0.2, 0.25) is 0 Å². The quantitative estimate of drug-likeness (QED) is 0.861. The lowest BCUT2D eigenvalue weighted by atomic mass is 9.80. The van der Waals surface area contributed by atoms with Gasteiger partial charge in [-0.25, -0.2) is 0 Å². The number of halogens is 3. The average molecular weight is 339 g/mol. The van der Waals surface area contributed by atoms with Gasteiger partial charge in [0.2, 0.25) is 5.91 Å². The number of hydrogen-bond donors (Lipinski definition) is 1. The molecular formula is C18H20F3NO2. The predicted molar refractivity (Wildman–Crippen MR) is 83.8 cm³/mol. The zero-order valence-electron chi connectivity index (χ0n) is 13.3. The number of carbonyl (C=O) groups excluding carboxylic acids is 2. The van der Waals surface area contributed by atoms with Gasteiger partial charge in [0, 0.05) is 23.6 Å². The first kappa shape index (κ1) is 17.0. The standard InChI is InChI=1S/C18H20F3NO2/c19-18(20,21)13-5-1-4-12(9-13)17(24)22-14-8-7-11-3-2-6-16(23)15(11)10-14/h7-8,10,12-13H,1-6,9H2,(H,22,24)/t12-,13+/m1/s1. The van der Waals surface area contributed by atoms with Crippen LogP contribution in [0.4, 0.5) is 18.9 Å². The zero-order valence-corrected chi connectivity index (χ0v) is 13.3. The van der Waals surface area contributed by atoms with E-state index in [1.54, 1.807) is 12.1 Å². The second kappa shape index (κ2) is 6.57. The largest absolute Gasteiger partial charge is 0.391 e. The van der Waals surface area contributed by atoms with Crippen LogP contribution in [0, 0.1) is 11.8 Å². The summed E-state index contributed by atoms with van der Waals surface area (Å²) in [7, 11) is 0. The highest BCUT2D eigenvalue weighted by atomic mass is 19.4. The van der Waals surface area contributed by atoms with Gasteiger partial charge in [0.05, 0.1) is 5.92 Å². The number of benzene rings is 1. The number of carbonyl (C=O) groups is 2. The van der Waals surface area contributed by atoms with Gasteiger partial charge in [-0.05, 0) is 49.8 Å². The Hall–Kier alpha value is -1.85. The minimum atomic E-state index is -4.24. The van der Waals surface area contributed by atoms with Gasteiger partial charge >= 0.3 is 6.18 Å². The van der Waals surface area contributed by atoms with Crippen LogP contribution in [0.5, 0.6) is 0 Å². The van der Waals surface area contributed by atoms with Gasteiger partial charge in [-0.2, -0.15) is 13.2 Å². The maximum atomic E-state index is 12.9. The summed E-state index contributed by atoms with van der Waals surface area (Å²) in [5.41, 5.74) is 2.08. The molecular weight excluding hydrogens is 319 g/mol. The lowest BCUT2D eigenvalue weighted by molar-refractivity contribution is -0.185. The number of hydrogen-bond acceptors (Lipinski definition) is 2. The number of rotatable bonds is 2. The molecule has 0 unspecified atom stereocenters. The van der Waals surface area contributed by atoms with Crippen LogP contribution >= 0.6 is 0 Å². The highest BCUT2D eigenvalue weighted by Crippen LogP contribution is 2.40. The molecule has 1 aromatic carbocycles. The van der Waals surface area contributed by atoms with Crippen LogP contribution in [0.3, 0.4) is 0 Å². The second-order valence-corrected chi connectivity index (χ2v) is 6.74. The minimum Gasteiger partial charge on any atom is -0.326 e. The summed E-state index contributed by atoms with van der Waals surface area (Å²) in [5, 5.41) is 2.70. The summed E-state index contributed by atoms with van der Waals surface area (Å²) in [6.45, 7) is 0. The van der Waals surface area contributed by atoms with Crippen molar-refractivity contribution in [2.24, 2.45) is 11.8 Å². The van der Waals surface area contributed by atoms with Crippen molar-refractivity contribution >= 4 is 17.4 Å². The molecule has 1 fully saturated rings. The molecule has 0 aromatic heterocycles. The van der Waals surface area contributed by atoms with Crippen LogP contribution < -0.4 is 5.32 Å². The van der Waals surface area contributed by atoms with E-state index in [9.17, 15) is 22.8 Å². The van der Waals surface area contributed by atoms with Gasteiger partial charge in [-0.15, -0.1) is 0 Å². The Morgan fingerprint density at radius 1 is 1.12 bits per heavy atom. The molecule has 0 aliphatic heterocycles. The Labute approximate surface area is 138 Å². The monoisotopic (exact) mass is 339 g/mol. The fraction of sp³-hybridized carbons (Fsp3) is 0.556. The van der Waals surface area contributed by atoms with E-state index in [2.05, 4.69) is 5.32 Å². The Balaban J connectivity index is 1.69. The van der Waals surface area contributed by atoms with Gasteiger partial charge in [0.25, 0.3) is 0 Å². The molecule has 1 aromatic rings. The maximum Gasteiger partial charge on any atom is 0.391 e. The summed E-state index contributed by atoms with van der Waals surface area (Å²) in [6.07, 6.45) is -1.24. The third-order valence-corrected chi connectivity index (χ3v) is 5.04. The van der Waals surface area contributed by atoms with Gasteiger partial charge in [-0.3, -0.25) is 9.59 Å². The lowest BCUT2D eigenvalue weighted by Crippen LogP contribution is -2.34. The zero-order chi connectivity index (χ0) is 17.3. The summed E-state index contributed by atoms with van der Waals surface area (Å²) < 4.78 is 38.6. The van der Waals surface area contributed by atoms with E-state index in [0.29, 0.717) is 30.5 Å². The third-order valence-electron chi connectivity index (χ3n) is 5.04. The van der Waals surface area contributed by atoms with Crippen LogP contribution in [0.25, 0.3) is 0 Å². The molecule has 6 heteroatoms. The SMILES string of the molecule is O=C1CCCc2ccc(NC(=O)[C@@H]3CCC[C@H](C(F)(F)F)C3)cc21. The van der Waals surface area contributed by atoms with Gasteiger partial charge in [0.1, 0.15) is 0 Å². The molecule has 2 atom stereocenters. The molecule has 2 aliphatic carbocycles. The fourth-order valence-corrected chi connectivity index (χ4v) is 3.68. The fourth-order valence-electron chi connectivity index (χ4n) is 3.68. The normalized spacial score (nSPS) is 24.4. The number of Topliss-reactive ketones (excluding diaryl/α,β-unsaturated/α-hetero) is 1. The molecule has 1 saturated carbocycles. The van der Waals surface area contributed by atoms with Crippen molar-refractivity contribution in [3.63, 3.8) is 0 Å². The summed E-state index contributed by atoms with van der Waals surface area (Å²) in [4.78, 5) is 24.3. The van der Waals surface area contributed by atoms with Crippen LogP contribution in [-0.2, 0) is 11.2 Å². The van der Waals surface area contributed by atoms with Crippen molar-refractivity contribution in [1.29, 1.82) is 0 Å². The van der Waals surface area contributed by atoms with E-state index in [1.807, 2.05) is 6.07 Å². The van der Waals surface area contributed by atoms with Gasteiger partial charge < -0.3 is 5.32 Å². The molecule has 130 valence electrons. The Kier molecular flexibility index (Phi) is 4.65. The smallest absolute Gasteiger partial charge is 0.326 e. The van der Waals surface area contributed by atoms with Crippen molar-refractivity contribution in [3.8, 4) is 0 Å². The summed E-state index contributed by atoms with van der Waals surface area (Å²) in [6, 6.07) is 5.19. The van der Waals surface area contributed by atoms with Crippen molar-refractivity contribution in [2.75, 3.05) is 5.32 Å². The highest BCUT2D eigenvalue weighted by Gasteiger charge is 2.43. The summed E-state index contributed by atoms with van der Waals surface area (Å²) in [5.74, 6) is -2.35. The molecule has 0 radical (unpaired) electrons. The number of aryl methyl sites for hydroxylation is 1. The molecule has 0 spiro atoms. The maximum absolute atomic E-state index is 12.9. The molecule has 1 N–H and O–H groups in total. The number of fused-ring (bicyclic) bond motifs is 1. The number of amides is 1. The Morgan fingerprint density at radius 2 is 1.92 bits per heavy atom. The molecule has 3 rings (SSSR count). The van der Waals surface area contributed by atoms with Crippen molar-refractivity contribution in [3.05, 3.63) is 29.3 Å². The molecule has 0 saturated heterocycles. The Bertz CT molecular complexity index is 654. The Morgan fingerprint density at radius 3 is 2.67 bits per heavy atom. The lowest BCUT2D eigenvalue weighted by Gasteiger charge is -2.29. The molecule has 1 amide bonds. The number of alkyl halides is 3. The van der Waals surface area contributed by atoms with Crippen molar-refractivity contribution in [1.82, 2.24) is 0 Å². The minimum absolute atomic E-state index is 0.0575. The predicted octanol–water partition coefficient (Wildman–Crippen LogP) is 4.51. The van der Waals surface area contributed by atoms with Crippen molar-refractivity contribution in [2.45, 2.75) is 51.1 Å². The molecule has 3 nitrogen and oxygen atoms in total. The van der Waals surface area contributed by atoms with E-state index >= 15 is 0 Å². The molecule has 0 heterocycles. The second-order valence-electron chi connectivity index (χ2n) is 6.74. The third kappa shape index (κ3) is 3.62.